The number of furan rings is 1. The maximum Gasteiger partial charge on any atom is 0.337 e. The summed E-state index contributed by atoms with van der Waals surface area (Å²) in [6, 6.07) is 10.4. The maximum absolute atomic E-state index is 12.9. The Morgan fingerprint density at radius 1 is 1.09 bits per heavy atom. The molecule has 32 heavy (non-hydrogen) atoms. The van der Waals surface area contributed by atoms with Crippen LogP contribution >= 0.6 is 0 Å². The lowest BCUT2D eigenvalue weighted by Crippen LogP contribution is -2.54. The second-order valence-electron chi connectivity index (χ2n) is 6.89. The number of aromatic nitrogens is 1. The van der Waals surface area contributed by atoms with E-state index in [0.717, 1.165) is 16.0 Å². The average molecular weight is 431 g/mol. The molecule has 9 nitrogen and oxygen atoms in total. The molecule has 2 aromatic heterocycles. The molecular weight excluding hydrogens is 414 g/mol. The number of barbiturate groups is 1. The van der Waals surface area contributed by atoms with Gasteiger partial charge in [0.05, 0.1) is 18.4 Å². The van der Waals surface area contributed by atoms with E-state index in [1.807, 2.05) is 6.92 Å². The molecule has 3 aromatic rings. The number of hydrogen-bond donors (Lipinski definition) is 1. The summed E-state index contributed by atoms with van der Waals surface area (Å²) in [6.07, 6.45) is 4.14. The van der Waals surface area contributed by atoms with E-state index in [0.29, 0.717) is 11.3 Å². The van der Waals surface area contributed by atoms with Gasteiger partial charge in [0.1, 0.15) is 17.1 Å². The minimum atomic E-state index is -0.843. The summed E-state index contributed by atoms with van der Waals surface area (Å²) in [5, 5.41) is 2.15. The van der Waals surface area contributed by atoms with E-state index >= 15 is 0 Å². The number of carbonyl (C=O) groups is 4. The molecule has 1 aliphatic heterocycles. The number of pyridine rings is 1. The molecule has 3 heterocycles. The van der Waals surface area contributed by atoms with E-state index in [-0.39, 0.29) is 17.0 Å². The van der Waals surface area contributed by atoms with Crippen LogP contribution in [0.1, 0.15) is 21.7 Å². The number of nitrogens with zero attached hydrogens (tertiary/aromatic N) is 2. The summed E-state index contributed by atoms with van der Waals surface area (Å²) in [7, 11) is 1.31. The highest BCUT2D eigenvalue weighted by Crippen LogP contribution is 2.28. The van der Waals surface area contributed by atoms with Gasteiger partial charge in [0.25, 0.3) is 11.8 Å². The number of nitrogens with one attached hydrogen (secondary N) is 1. The Labute approximate surface area is 182 Å². The number of urea groups is 1. The molecule has 4 rings (SSSR count). The Morgan fingerprint density at radius 2 is 1.84 bits per heavy atom. The van der Waals surface area contributed by atoms with Crippen LogP contribution in [0.4, 0.5) is 10.5 Å². The fourth-order valence-electron chi connectivity index (χ4n) is 3.29. The van der Waals surface area contributed by atoms with Crippen LogP contribution in [-0.4, -0.2) is 35.9 Å². The highest BCUT2D eigenvalue weighted by molar-refractivity contribution is 6.39. The Balaban J connectivity index is 1.65. The number of carbonyl (C=O) groups excluding carboxylic acids is 4. The summed E-state index contributed by atoms with van der Waals surface area (Å²) in [6.45, 7) is 1.82. The number of methoxy groups -OCH3 is 1. The van der Waals surface area contributed by atoms with Gasteiger partial charge in [0, 0.05) is 18.0 Å². The first kappa shape index (κ1) is 20.7. The maximum atomic E-state index is 12.9. The van der Waals surface area contributed by atoms with Crippen molar-refractivity contribution < 1.29 is 28.3 Å². The number of anilines is 1. The van der Waals surface area contributed by atoms with Gasteiger partial charge in [-0.2, -0.15) is 0 Å². The number of hydrogen-bond acceptors (Lipinski definition) is 7. The third kappa shape index (κ3) is 3.79. The lowest BCUT2D eigenvalue weighted by atomic mass is 10.0. The summed E-state index contributed by atoms with van der Waals surface area (Å²) < 4.78 is 10.5. The highest BCUT2D eigenvalue weighted by Gasteiger charge is 2.37. The van der Waals surface area contributed by atoms with Gasteiger partial charge in [0.15, 0.2) is 0 Å². The number of benzene rings is 1. The predicted octanol–water partition coefficient (Wildman–Crippen LogP) is 3.10. The van der Waals surface area contributed by atoms with Crippen molar-refractivity contribution in [3.05, 3.63) is 77.3 Å². The Bertz CT molecular complexity index is 1280. The topological polar surface area (TPSA) is 119 Å². The van der Waals surface area contributed by atoms with Gasteiger partial charge < -0.3 is 9.15 Å². The molecule has 0 atom stereocenters. The molecule has 0 spiro atoms. The van der Waals surface area contributed by atoms with Gasteiger partial charge >= 0.3 is 12.0 Å². The minimum Gasteiger partial charge on any atom is -0.465 e. The zero-order valence-corrected chi connectivity index (χ0v) is 17.1. The Hall–Kier alpha value is -4.53. The van der Waals surface area contributed by atoms with Crippen molar-refractivity contribution >= 4 is 35.6 Å². The average Bonchev–Trinajstić information content (AvgIpc) is 3.25. The van der Waals surface area contributed by atoms with Gasteiger partial charge in [-0.05, 0) is 55.0 Å². The number of ether oxygens (including phenoxy) is 1. The van der Waals surface area contributed by atoms with Crippen LogP contribution in [0.2, 0.25) is 0 Å². The minimum absolute atomic E-state index is 0.249. The Kier molecular flexibility index (Phi) is 5.38. The first-order valence-corrected chi connectivity index (χ1v) is 9.49. The van der Waals surface area contributed by atoms with Crippen LogP contribution in [0.25, 0.3) is 17.4 Å². The molecule has 0 radical (unpaired) electrons. The van der Waals surface area contributed by atoms with Crippen molar-refractivity contribution in [2.45, 2.75) is 6.92 Å². The third-order valence-corrected chi connectivity index (χ3v) is 4.85. The van der Waals surface area contributed by atoms with Crippen molar-refractivity contribution in [2.75, 3.05) is 12.0 Å². The van der Waals surface area contributed by atoms with Crippen molar-refractivity contribution in [3.63, 3.8) is 0 Å². The van der Waals surface area contributed by atoms with Crippen LogP contribution in [-0.2, 0) is 14.3 Å². The molecule has 1 saturated heterocycles. The van der Waals surface area contributed by atoms with E-state index in [1.54, 1.807) is 30.3 Å². The van der Waals surface area contributed by atoms with Crippen LogP contribution in [0.5, 0.6) is 0 Å². The SMILES string of the molecule is COC(=O)c1ccc(-c2ccc(/C=C3\C(=O)NC(=O)N(c4ccncc4)C3=O)o2)c(C)c1. The number of amides is 4. The van der Waals surface area contributed by atoms with Gasteiger partial charge in [0.2, 0.25) is 0 Å². The molecule has 0 bridgehead atoms. The van der Waals surface area contributed by atoms with E-state index in [1.165, 1.54) is 37.7 Å². The van der Waals surface area contributed by atoms with Crippen LogP contribution < -0.4 is 10.2 Å². The zero-order chi connectivity index (χ0) is 22.8. The van der Waals surface area contributed by atoms with E-state index in [4.69, 9.17) is 9.15 Å². The molecule has 0 aliphatic carbocycles. The molecule has 9 heteroatoms. The molecule has 1 N–H and O–H groups in total. The molecule has 0 unspecified atom stereocenters. The second-order valence-corrected chi connectivity index (χ2v) is 6.89. The van der Waals surface area contributed by atoms with Crippen LogP contribution in [0.3, 0.4) is 0 Å². The second kappa shape index (κ2) is 8.31. The van der Waals surface area contributed by atoms with Crippen molar-refractivity contribution in [2.24, 2.45) is 0 Å². The molecule has 0 saturated carbocycles. The van der Waals surface area contributed by atoms with E-state index in [9.17, 15) is 19.2 Å². The lowest BCUT2D eigenvalue weighted by molar-refractivity contribution is -0.122. The lowest BCUT2D eigenvalue weighted by Gasteiger charge is -2.25. The summed E-state index contributed by atoms with van der Waals surface area (Å²) >= 11 is 0. The molecule has 160 valence electrons. The molecule has 1 fully saturated rings. The number of rotatable bonds is 4. The highest BCUT2D eigenvalue weighted by atomic mass is 16.5. The monoisotopic (exact) mass is 431 g/mol. The number of imide groups is 2. The number of esters is 1. The van der Waals surface area contributed by atoms with Gasteiger partial charge in [-0.1, -0.05) is 6.07 Å². The normalized spacial score (nSPS) is 15.1. The van der Waals surface area contributed by atoms with Gasteiger partial charge in [-0.25, -0.2) is 14.5 Å². The van der Waals surface area contributed by atoms with Gasteiger partial charge in [-0.15, -0.1) is 0 Å². The fraction of sp³-hybridized carbons (Fsp3) is 0.0870. The fourth-order valence-corrected chi connectivity index (χ4v) is 3.29. The summed E-state index contributed by atoms with van der Waals surface area (Å²) in [5.74, 6) is -1.31. The zero-order valence-electron chi connectivity index (χ0n) is 17.1. The molecule has 4 amide bonds. The molecular formula is C23H17N3O6. The predicted molar refractivity (Wildman–Crippen MR) is 113 cm³/mol. The van der Waals surface area contributed by atoms with Crippen LogP contribution in [0, 0.1) is 6.92 Å². The van der Waals surface area contributed by atoms with E-state index < -0.39 is 23.8 Å². The largest absolute Gasteiger partial charge is 0.465 e. The first-order valence-electron chi connectivity index (χ1n) is 9.49. The quantitative estimate of drug-likeness (QED) is 0.383. The summed E-state index contributed by atoms with van der Waals surface area (Å²) in [4.78, 5) is 53.8. The van der Waals surface area contributed by atoms with Crippen molar-refractivity contribution in [1.82, 2.24) is 10.3 Å². The van der Waals surface area contributed by atoms with Crippen LogP contribution in [0.15, 0.2) is 64.8 Å². The standard InChI is InChI=1S/C23H17N3O6/c1-13-11-14(22(29)31-2)3-5-17(13)19-6-4-16(32-19)12-18-20(27)25-23(30)26(21(18)28)15-7-9-24-10-8-15/h3-12H,1-2H3,(H,25,27,30)/b18-12+. The Morgan fingerprint density at radius 3 is 2.53 bits per heavy atom. The summed E-state index contributed by atoms with van der Waals surface area (Å²) in [5.41, 5.74) is 1.95. The van der Waals surface area contributed by atoms with Crippen molar-refractivity contribution in [3.8, 4) is 11.3 Å². The number of aryl methyl sites for hydroxylation is 1. The van der Waals surface area contributed by atoms with Gasteiger partial charge in [-0.3, -0.25) is 19.9 Å². The smallest absolute Gasteiger partial charge is 0.337 e. The first-order chi connectivity index (χ1) is 15.4. The molecule has 1 aromatic carbocycles. The van der Waals surface area contributed by atoms with E-state index in [2.05, 4.69) is 10.3 Å². The van der Waals surface area contributed by atoms with Crippen molar-refractivity contribution in [1.29, 1.82) is 0 Å². The third-order valence-electron chi connectivity index (χ3n) is 4.85. The molecule has 1 aliphatic rings.